The zero-order valence-corrected chi connectivity index (χ0v) is 9.06. The van der Waals surface area contributed by atoms with Gasteiger partial charge in [0.15, 0.2) is 0 Å². The summed E-state index contributed by atoms with van der Waals surface area (Å²) in [5.41, 5.74) is 0. The van der Waals surface area contributed by atoms with Crippen LogP contribution in [0.2, 0.25) is 0 Å². The minimum Gasteiger partial charge on any atom is -0.528 e. The standard InChI is InChI=1S/C5H10NO2.K/c1-2-8-4-3-6-5-7;/h2-4H2,1H3,(H,6,7);/q-1;+1. The molecule has 0 fully saturated rings. The zero-order chi connectivity index (χ0) is 6.24. The maximum absolute atomic E-state index is 9.48. The van der Waals surface area contributed by atoms with Gasteiger partial charge in [0.25, 0.3) is 0 Å². The van der Waals surface area contributed by atoms with E-state index in [0.717, 1.165) is 0 Å². The summed E-state index contributed by atoms with van der Waals surface area (Å²) in [5, 5.41) is 2.35. The predicted molar refractivity (Wildman–Crippen MR) is 30.2 cm³/mol. The van der Waals surface area contributed by atoms with Gasteiger partial charge in [-0.25, -0.2) is 0 Å². The van der Waals surface area contributed by atoms with Crippen molar-refractivity contribution >= 4 is 6.41 Å². The molecule has 0 aromatic rings. The Bertz CT molecular complexity index is 60.9. The summed E-state index contributed by atoms with van der Waals surface area (Å²) in [5.74, 6) is 0. The second-order valence-electron chi connectivity index (χ2n) is 1.23. The van der Waals surface area contributed by atoms with Crippen molar-refractivity contribution in [2.24, 2.45) is 0 Å². The first-order valence-electron chi connectivity index (χ1n) is 2.59. The maximum Gasteiger partial charge on any atom is 1.00 e. The van der Waals surface area contributed by atoms with E-state index in [1.807, 2.05) is 6.92 Å². The Balaban J connectivity index is 0. The number of rotatable bonds is 5. The van der Waals surface area contributed by atoms with Crippen molar-refractivity contribution in [1.82, 2.24) is 5.32 Å². The van der Waals surface area contributed by atoms with E-state index in [4.69, 9.17) is 4.74 Å². The molecule has 48 valence electrons. The van der Waals surface area contributed by atoms with E-state index in [0.29, 0.717) is 19.8 Å². The SMILES string of the molecule is CCOCCN[C-]=O.[K+]. The van der Waals surface area contributed by atoms with E-state index < -0.39 is 0 Å². The molecular formula is C5H10KNO2. The van der Waals surface area contributed by atoms with Crippen LogP contribution < -0.4 is 56.7 Å². The van der Waals surface area contributed by atoms with Gasteiger partial charge >= 0.3 is 51.4 Å². The fourth-order valence-electron chi connectivity index (χ4n) is 0.319. The van der Waals surface area contributed by atoms with Crippen LogP contribution in [0.4, 0.5) is 0 Å². The molecule has 1 N–H and O–H groups in total. The van der Waals surface area contributed by atoms with E-state index >= 15 is 0 Å². The summed E-state index contributed by atoms with van der Waals surface area (Å²) in [6.07, 6.45) is 1.55. The molecule has 0 saturated carbocycles. The van der Waals surface area contributed by atoms with Crippen LogP contribution in [0.25, 0.3) is 0 Å². The smallest absolute Gasteiger partial charge is 0.528 e. The van der Waals surface area contributed by atoms with Crippen LogP contribution in [0, 0.1) is 0 Å². The topological polar surface area (TPSA) is 38.3 Å². The van der Waals surface area contributed by atoms with Gasteiger partial charge in [0.1, 0.15) is 0 Å². The summed E-state index contributed by atoms with van der Waals surface area (Å²) in [6.45, 7) is 3.73. The molecule has 0 aromatic carbocycles. The van der Waals surface area contributed by atoms with E-state index in [2.05, 4.69) is 5.32 Å². The fraction of sp³-hybridized carbons (Fsp3) is 0.800. The molecular weight excluding hydrogens is 145 g/mol. The Labute approximate surface area is 97.9 Å². The van der Waals surface area contributed by atoms with Gasteiger partial charge in [-0.2, -0.15) is 6.41 Å². The van der Waals surface area contributed by atoms with Crippen LogP contribution in [0.5, 0.6) is 0 Å². The van der Waals surface area contributed by atoms with Gasteiger partial charge in [0.05, 0.1) is 6.61 Å². The van der Waals surface area contributed by atoms with Crippen LogP contribution in [0.3, 0.4) is 0 Å². The Hall–Kier alpha value is 1.07. The fourth-order valence-corrected chi connectivity index (χ4v) is 0.319. The molecule has 0 spiro atoms. The molecule has 4 heteroatoms. The minimum atomic E-state index is 0. The van der Waals surface area contributed by atoms with Crippen molar-refractivity contribution in [2.75, 3.05) is 19.8 Å². The Morgan fingerprint density at radius 1 is 1.67 bits per heavy atom. The van der Waals surface area contributed by atoms with Gasteiger partial charge in [-0.05, 0) is 6.92 Å². The minimum absolute atomic E-state index is 0. The Morgan fingerprint density at radius 2 is 2.33 bits per heavy atom. The van der Waals surface area contributed by atoms with Crippen LogP contribution >= 0.6 is 0 Å². The van der Waals surface area contributed by atoms with Crippen molar-refractivity contribution in [3.63, 3.8) is 0 Å². The first-order valence-corrected chi connectivity index (χ1v) is 2.59. The second-order valence-corrected chi connectivity index (χ2v) is 1.23. The molecule has 0 aromatic heterocycles. The van der Waals surface area contributed by atoms with E-state index in [-0.39, 0.29) is 51.4 Å². The van der Waals surface area contributed by atoms with Gasteiger partial charge in [-0.3, -0.25) is 0 Å². The third-order valence-electron chi connectivity index (χ3n) is 0.648. The summed E-state index contributed by atoms with van der Waals surface area (Å²) >= 11 is 0. The molecule has 0 bridgehead atoms. The summed E-state index contributed by atoms with van der Waals surface area (Å²) in [6, 6.07) is 0. The molecule has 0 radical (unpaired) electrons. The van der Waals surface area contributed by atoms with Crippen molar-refractivity contribution < 1.29 is 60.9 Å². The predicted octanol–water partition coefficient (Wildman–Crippen LogP) is -3.32. The molecule has 0 aliphatic carbocycles. The average Bonchev–Trinajstić information content (AvgIpc) is 1.81. The van der Waals surface area contributed by atoms with Crippen LogP contribution in [-0.2, 0) is 9.53 Å². The van der Waals surface area contributed by atoms with Crippen molar-refractivity contribution in [2.45, 2.75) is 6.92 Å². The molecule has 0 heterocycles. The number of hydrogen-bond donors (Lipinski definition) is 1. The third-order valence-corrected chi connectivity index (χ3v) is 0.648. The molecule has 0 rings (SSSR count). The average molecular weight is 155 g/mol. The largest absolute Gasteiger partial charge is 1.00 e. The van der Waals surface area contributed by atoms with Crippen LogP contribution in [0.1, 0.15) is 6.92 Å². The van der Waals surface area contributed by atoms with Crippen molar-refractivity contribution in [1.29, 1.82) is 0 Å². The molecule has 1 amide bonds. The molecule has 0 unspecified atom stereocenters. The first-order chi connectivity index (χ1) is 3.91. The number of nitrogens with one attached hydrogen (secondary N) is 1. The summed E-state index contributed by atoms with van der Waals surface area (Å²) in [4.78, 5) is 9.48. The van der Waals surface area contributed by atoms with Crippen LogP contribution in [-0.4, -0.2) is 26.2 Å². The van der Waals surface area contributed by atoms with E-state index in [9.17, 15) is 4.79 Å². The molecule has 9 heavy (non-hydrogen) atoms. The molecule has 0 aliphatic rings. The van der Waals surface area contributed by atoms with Gasteiger partial charge < -0.3 is 14.8 Å². The molecule has 3 nitrogen and oxygen atoms in total. The van der Waals surface area contributed by atoms with E-state index in [1.165, 1.54) is 0 Å². The Kier molecular flexibility index (Phi) is 16.7. The van der Waals surface area contributed by atoms with Gasteiger partial charge in [-0.1, -0.05) is 0 Å². The first kappa shape index (κ1) is 12.7. The number of hydrogen-bond acceptors (Lipinski definition) is 2. The van der Waals surface area contributed by atoms with Gasteiger partial charge in [0.2, 0.25) is 0 Å². The molecule has 0 saturated heterocycles. The maximum atomic E-state index is 9.48. The number of carbonyl (C=O) groups excluding carboxylic acids is 1. The second kappa shape index (κ2) is 11.8. The van der Waals surface area contributed by atoms with Gasteiger partial charge in [-0.15, -0.1) is 0 Å². The van der Waals surface area contributed by atoms with Crippen molar-refractivity contribution in [3.05, 3.63) is 0 Å². The third kappa shape index (κ3) is 12.3. The van der Waals surface area contributed by atoms with Crippen LogP contribution in [0.15, 0.2) is 0 Å². The molecule has 0 atom stereocenters. The normalized spacial score (nSPS) is 7.67. The summed E-state index contributed by atoms with van der Waals surface area (Å²) in [7, 11) is 0. The monoisotopic (exact) mass is 155 g/mol. The van der Waals surface area contributed by atoms with Gasteiger partial charge in [0, 0.05) is 13.2 Å². The number of ether oxygens (including phenoxy) is 1. The van der Waals surface area contributed by atoms with E-state index in [1.54, 1.807) is 6.41 Å². The van der Waals surface area contributed by atoms with Crippen molar-refractivity contribution in [3.8, 4) is 0 Å². The zero-order valence-electron chi connectivity index (χ0n) is 5.94. The quantitative estimate of drug-likeness (QED) is 0.195. The number of amides is 1. The Morgan fingerprint density at radius 3 is 2.78 bits per heavy atom. The molecule has 0 aliphatic heterocycles. The summed E-state index contributed by atoms with van der Waals surface area (Å²) < 4.78 is 4.89.